The summed E-state index contributed by atoms with van der Waals surface area (Å²) in [5, 5.41) is 0. The Labute approximate surface area is 192 Å². The van der Waals surface area contributed by atoms with Crippen molar-refractivity contribution >= 4 is 22.3 Å². The molecule has 3 heterocycles. The van der Waals surface area contributed by atoms with Gasteiger partial charge in [-0.05, 0) is 42.2 Å². The van der Waals surface area contributed by atoms with Crippen LogP contribution in [-0.4, -0.2) is 23.7 Å². The number of benzene rings is 2. The van der Waals surface area contributed by atoms with Crippen LogP contribution >= 0.6 is 0 Å². The van der Waals surface area contributed by atoms with Crippen molar-refractivity contribution in [2.75, 3.05) is 0 Å². The highest BCUT2D eigenvalue weighted by atomic mass is 19.4. The Kier molecular flexibility index (Phi) is 4.29. The Morgan fingerprint density at radius 1 is 1.14 bits per heavy atom. The van der Waals surface area contributed by atoms with E-state index in [-0.39, 0.29) is 46.4 Å². The number of oxazole rings is 1. The summed E-state index contributed by atoms with van der Waals surface area (Å²) in [7, 11) is 1.54. The molecule has 3 aromatic heterocycles. The zero-order valence-electron chi connectivity index (χ0n) is 18.1. The fraction of sp³-hybridized carbons (Fsp3) is 0.217. The van der Waals surface area contributed by atoms with Crippen molar-refractivity contribution in [1.82, 2.24) is 23.7 Å². The average molecular weight is 483 g/mol. The molecule has 0 saturated carbocycles. The summed E-state index contributed by atoms with van der Waals surface area (Å²) in [6.45, 7) is 0. The van der Waals surface area contributed by atoms with Gasteiger partial charge < -0.3 is 9.40 Å². The maximum atomic E-state index is 13.7. The van der Waals surface area contributed by atoms with Gasteiger partial charge in [-0.15, -0.1) is 0 Å². The Morgan fingerprint density at radius 3 is 2.71 bits per heavy atom. The van der Waals surface area contributed by atoms with E-state index in [4.69, 9.17) is 4.42 Å². The fourth-order valence-corrected chi connectivity index (χ4v) is 4.96. The zero-order chi connectivity index (χ0) is 24.6. The van der Waals surface area contributed by atoms with E-state index in [9.17, 15) is 27.6 Å². The first-order valence-electron chi connectivity index (χ1n) is 10.7. The second kappa shape index (κ2) is 7.08. The highest BCUT2D eigenvalue weighted by molar-refractivity contribution is 5.78. The highest BCUT2D eigenvalue weighted by Gasteiger charge is 2.38. The normalized spacial score (nSPS) is 15.8. The molecule has 178 valence electrons. The summed E-state index contributed by atoms with van der Waals surface area (Å²) in [5.74, 6) is -0.581. The van der Waals surface area contributed by atoms with Crippen molar-refractivity contribution in [3.05, 3.63) is 90.8 Å². The molecule has 0 bridgehead atoms. The van der Waals surface area contributed by atoms with Gasteiger partial charge >= 0.3 is 17.6 Å². The standard InChI is InChI=1S/C23H16F3N5O4/c1-29-16-7-5-11(9-17(16)35-22(29)34)30-19-18(27-10-28-19)20(32)31(21(30)33)15-8-6-12-13(15)3-2-4-14(12)23(24,25)26/h2-5,7,9-10,15H,6,8H2,1H3,(H,27,28). The van der Waals surface area contributed by atoms with E-state index < -0.39 is 34.8 Å². The molecular formula is C23H16F3N5O4. The van der Waals surface area contributed by atoms with Crippen LogP contribution in [0.3, 0.4) is 0 Å². The van der Waals surface area contributed by atoms with Gasteiger partial charge in [-0.25, -0.2) is 19.1 Å². The maximum Gasteiger partial charge on any atom is 0.419 e. The fourth-order valence-electron chi connectivity index (χ4n) is 4.96. The van der Waals surface area contributed by atoms with Crippen LogP contribution < -0.4 is 17.0 Å². The number of fused-ring (bicyclic) bond motifs is 3. The second-order valence-corrected chi connectivity index (χ2v) is 8.40. The van der Waals surface area contributed by atoms with Gasteiger partial charge in [0, 0.05) is 13.1 Å². The molecule has 0 fully saturated rings. The molecule has 2 aromatic carbocycles. The van der Waals surface area contributed by atoms with E-state index >= 15 is 0 Å². The first kappa shape index (κ1) is 21.2. The first-order valence-corrected chi connectivity index (χ1v) is 10.7. The molecule has 0 saturated heterocycles. The Morgan fingerprint density at radius 2 is 1.94 bits per heavy atom. The predicted octanol–water partition coefficient (Wildman–Crippen LogP) is 2.87. The van der Waals surface area contributed by atoms with Gasteiger partial charge in [0.2, 0.25) is 0 Å². The molecule has 0 aliphatic heterocycles. The third kappa shape index (κ3) is 2.95. The van der Waals surface area contributed by atoms with Gasteiger partial charge in [0.05, 0.1) is 29.1 Å². The van der Waals surface area contributed by atoms with Gasteiger partial charge in [0.15, 0.2) is 11.2 Å². The highest BCUT2D eigenvalue weighted by Crippen LogP contribution is 2.41. The average Bonchev–Trinajstić information content (AvgIpc) is 3.52. The molecule has 0 amide bonds. The number of imidazole rings is 1. The van der Waals surface area contributed by atoms with Gasteiger partial charge in [-0.1, -0.05) is 12.1 Å². The van der Waals surface area contributed by atoms with E-state index in [2.05, 4.69) is 9.97 Å². The summed E-state index contributed by atoms with van der Waals surface area (Å²) < 4.78 is 49.4. The molecule has 1 atom stereocenters. The number of hydrogen-bond acceptors (Lipinski definition) is 5. The predicted molar refractivity (Wildman–Crippen MR) is 119 cm³/mol. The number of nitrogens with zero attached hydrogens (tertiary/aromatic N) is 4. The van der Waals surface area contributed by atoms with E-state index in [1.807, 2.05) is 0 Å². The lowest BCUT2D eigenvalue weighted by atomic mass is 10.0. The molecule has 6 rings (SSSR count). The Hall–Kier alpha value is -4.35. The summed E-state index contributed by atoms with van der Waals surface area (Å²) in [6, 6.07) is 7.56. The van der Waals surface area contributed by atoms with Crippen molar-refractivity contribution in [2.24, 2.45) is 7.05 Å². The number of hydrogen-bond donors (Lipinski definition) is 1. The van der Waals surface area contributed by atoms with Crippen LogP contribution in [0.15, 0.2) is 61.5 Å². The number of alkyl halides is 3. The molecule has 1 N–H and O–H groups in total. The second-order valence-electron chi connectivity index (χ2n) is 8.40. The lowest BCUT2D eigenvalue weighted by Gasteiger charge is -2.18. The molecule has 1 aliphatic rings. The minimum atomic E-state index is -4.55. The number of nitrogens with one attached hydrogen (secondary N) is 1. The van der Waals surface area contributed by atoms with Crippen LogP contribution in [0, 0.1) is 0 Å². The third-order valence-electron chi connectivity index (χ3n) is 6.55. The lowest BCUT2D eigenvalue weighted by molar-refractivity contribution is -0.138. The quantitative estimate of drug-likeness (QED) is 0.416. The number of aromatic nitrogens is 5. The molecule has 35 heavy (non-hydrogen) atoms. The molecule has 9 nitrogen and oxygen atoms in total. The number of aryl methyl sites for hydroxylation is 1. The Balaban J connectivity index is 1.62. The van der Waals surface area contributed by atoms with Crippen LogP contribution in [0.1, 0.15) is 29.2 Å². The van der Waals surface area contributed by atoms with Gasteiger partial charge in [-0.2, -0.15) is 13.2 Å². The zero-order valence-corrected chi connectivity index (χ0v) is 18.1. The molecule has 1 aliphatic carbocycles. The number of H-pyrrole nitrogens is 1. The number of rotatable bonds is 2. The van der Waals surface area contributed by atoms with E-state index in [1.165, 1.54) is 33.7 Å². The Bertz CT molecular complexity index is 1840. The van der Waals surface area contributed by atoms with E-state index in [0.29, 0.717) is 5.52 Å². The molecule has 0 spiro atoms. The molecule has 12 heteroatoms. The van der Waals surface area contributed by atoms with E-state index in [1.54, 1.807) is 19.2 Å². The maximum absolute atomic E-state index is 13.7. The van der Waals surface area contributed by atoms with Crippen LogP contribution in [0.5, 0.6) is 0 Å². The molecule has 1 unspecified atom stereocenters. The number of aromatic amines is 1. The topological polar surface area (TPSA) is 108 Å². The van der Waals surface area contributed by atoms with Gasteiger partial charge in [-0.3, -0.25) is 13.9 Å². The lowest BCUT2D eigenvalue weighted by Crippen LogP contribution is -2.41. The van der Waals surface area contributed by atoms with Crippen molar-refractivity contribution in [2.45, 2.75) is 25.1 Å². The SMILES string of the molecule is Cn1c(=O)oc2cc(-n3c(=O)n(C4CCc5c4cccc5C(F)(F)F)c(=O)c4[nH]cnc43)ccc21. The van der Waals surface area contributed by atoms with Gasteiger partial charge in [0.1, 0.15) is 5.52 Å². The largest absolute Gasteiger partial charge is 0.419 e. The minimum absolute atomic E-state index is 0.0274. The summed E-state index contributed by atoms with van der Waals surface area (Å²) in [6.07, 6.45) is -3.06. The van der Waals surface area contributed by atoms with Crippen molar-refractivity contribution in [3.8, 4) is 5.69 Å². The number of halogens is 3. The van der Waals surface area contributed by atoms with Crippen LogP contribution in [0.2, 0.25) is 0 Å². The van der Waals surface area contributed by atoms with Crippen LogP contribution in [-0.2, 0) is 19.6 Å². The molecule has 5 aromatic rings. The van der Waals surface area contributed by atoms with Crippen molar-refractivity contribution in [1.29, 1.82) is 0 Å². The summed E-state index contributed by atoms with van der Waals surface area (Å²) in [5.41, 5.74) is -0.747. The minimum Gasteiger partial charge on any atom is -0.408 e. The van der Waals surface area contributed by atoms with E-state index in [0.717, 1.165) is 10.6 Å². The van der Waals surface area contributed by atoms with Gasteiger partial charge in [0.25, 0.3) is 5.56 Å². The smallest absolute Gasteiger partial charge is 0.408 e. The van der Waals surface area contributed by atoms with Crippen LogP contribution in [0.25, 0.3) is 28.0 Å². The first-order chi connectivity index (χ1) is 16.7. The third-order valence-corrected chi connectivity index (χ3v) is 6.55. The van der Waals surface area contributed by atoms with Crippen molar-refractivity contribution < 1.29 is 17.6 Å². The summed E-state index contributed by atoms with van der Waals surface area (Å²) >= 11 is 0. The summed E-state index contributed by atoms with van der Waals surface area (Å²) in [4.78, 5) is 45.8. The monoisotopic (exact) mass is 483 g/mol. The molecular weight excluding hydrogens is 467 g/mol. The van der Waals surface area contributed by atoms with Crippen molar-refractivity contribution in [3.63, 3.8) is 0 Å². The molecule has 0 radical (unpaired) electrons. The van der Waals surface area contributed by atoms with Crippen LogP contribution in [0.4, 0.5) is 13.2 Å².